The van der Waals surface area contributed by atoms with Crippen molar-refractivity contribution in [1.82, 2.24) is 5.32 Å². The molecular formula is C17H22N2O3. The monoisotopic (exact) mass is 302 g/mol. The summed E-state index contributed by atoms with van der Waals surface area (Å²) in [4.78, 5) is 12.4. The van der Waals surface area contributed by atoms with Crippen LogP contribution < -0.4 is 10.1 Å². The number of benzene rings is 1. The van der Waals surface area contributed by atoms with E-state index in [0.717, 1.165) is 12.8 Å². The fourth-order valence-electron chi connectivity index (χ4n) is 2.34. The zero-order chi connectivity index (χ0) is 16.2. The summed E-state index contributed by atoms with van der Waals surface area (Å²) in [5.41, 5.74) is -0.470. The smallest absolute Gasteiger partial charge is 0.263 e. The van der Waals surface area contributed by atoms with Crippen LogP contribution in [0.2, 0.25) is 0 Å². The highest BCUT2D eigenvalue weighted by Gasteiger charge is 2.36. The van der Waals surface area contributed by atoms with Crippen LogP contribution in [0.3, 0.4) is 0 Å². The third-order valence-electron chi connectivity index (χ3n) is 3.85. The largest absolute Gasteiger partial charge is 0.478 e. The van der Waals surface area contributed by atoms with Crippen LogP contribution in [0.4, 0.5) is 0 Å². The number of ether oxygens (including phenoxy) is 1. The van der Waals surface area contributed by atoms with Crippen molar-refractivity contribution in [2.45, 2.75) is 44.8 Å². The lowest BCUT2D eigenvalue weighted by Crippen LogP contribution is -2.50. The summed E-state index contributed by atoms with van der Waals surface area (Å²) >= 11 is 0. The summed E-state index contributed by atoms with van der Waals surface area (Å²) in [6.07, 6.45) is 2.77. The van der Waals surface area contributed by atoms with Crippen molar-refractivity contribution in [3.8, 4) is 11.8 Å². The Morgan fingerprint density at radius 3 is 2.59 bits per heavy atom. The van der Waals surface area contributed by atoms with E-state index in [1.807, 2.05) is 6.07 Å². The van der Waals surface area contributed by atoms with Gasteiger partial charge in [-0.1, -0.05) is 0 Å². The van der Waals surface area contributed by atoms with Crippen LogP contribution in [0.15, 0.2) is 24.3 Å². The number of rotatable bonds is 7. The number of aliphatic hydroxyl groups is 1. The molecule has 1 aliphatic rings. The lowest BCUT2D eigenvalue weighted by molar-refractivity contribution is -0.135. The van der Waals surface area contributed by atoms with Crippen LogP contribution in [0.5, 0.6) is 5.75 Å². The van der Waals surface area contributed by atoms with Gasteiger partial charge in [-0.25, -0.2) is 0 Å². The van der Waals surface area contributed by atoms with E-state index >= 15 is 0 Å². The number of nitrogens with one attached hydrogen (secondary N) is 1. The van der Waals surface area contributed by atoms with Crippen molar-refractivity contribution in [2.24, 2.45) is 5.92 Å². The molecule has 1 fully saturated rings. The van der Waals surface area contributed by atoms with Crippen LogP contribution in [0, 0.1) is 17.2 Å². The van der Waals surface area contributed by atoms with E-state index in [-0.39, 0.29) is 18.6 Å². The first kappa shape index (κ1) is 16.3. The average Bonchev–Trinajstić information content (AvgIpc) is 3.31. The van der Waals surface area contributed by atoms with Crippen molar-refractivity contribution < 1.29 is 14.6 Å². The third kappa shape index (κ3) is 4.22. The van der Waals surface area contributed by atoms with Gasteiger partial charge in [-0.15, -0.1) is 0 Å². The van der Waals surface area contributed by atoms with Crippen molar-refractivity contribution in [3.05, 3.63) is 29.8 Å². The van der Waals surface area contributed by atoms with E-state index in [0.29, 0.717) is 23.7 Å². The number of carbonyl (C=O) groups excluding carboxylic acids is 1. The Morgan fingerprint density at radius 1 is 1.45 bits per heavy atom. The topological polar surface area (TPSA) is 82.3 Å². The Kier molecular flexibility index (Phi) is 5.04. The van der Waals surface area contributed by atoms with Crippen molar-refractivity contribution >= 4 is 5.91 Å². The number of aliphatic hydroxyl groups excluding tert-OH is 1. The third-order valence-corrected chi connectivity index (χ3v) is 3.85. The van der Waals surface area contributed by atoms with Gasteiger partial charge in [0, 0.05) is 12.6 Å². The molecule has 1 aromatic rings. The Hall–Kier alpha value is -2.06. The maximum Gasteiger partial charge on any atom is 0.263 e. The average molecular weight is 302 g/mol. The molecule has 1 unspecified atom stereocenters. The van der Waals surface area contributed by atoms with E-state index in [4.69, 9.17) is 15.1 Å². The quantitative estimate of drug-likeness (QED) is 0.807. The van der Waals surface area contributed by atoms with Gasteiger partial charge >= 0.3 is 0 Å². The molecule has 1 atom stereocenters. The lowest BCUT2D eigenvalue weighted by atomic mass is 10.0. The second-order valence-corrected chi connectivity index (χ2v) is 6.18. The van der Waals surface area contributed by atoms with E-state index in [1.165, 1.54) is 0 Å². The summed E-state index contributed by atoms with van der Waals surface area (Å²) in [6.45, 7) is 3.49. The first-order valence-corrected chi connectivity index (χ1v) is 7.57. The summed E-state index contributed by atoms with van der Waals surface area (Å²) in [5, 5.41) is 20.9. The SMILES string of the molecule is CC(C)(Oc1ccc(C#N)cc1)C(=O)NC(CCO)C1CC1. The highest BCUT2D eigenvalue weighted by Crippen LogP contribution is 2.34. The van der Waals surface area contributed by atoms with Gasteiger partial charge in [0.15, 0.2) is 5.60 Å². The number of amides is 1. The van der Waals surface area contributed by atoms with Gasteiger partial charge in [-0.05, 0) is 63.3 Å². The number of hydrogen-bond donors (Lipinski definition) is 2. The molecule has 0 heterocycles. The zero-order valence-corrected chi connectivity index (χ0v) is 13.0. The molecule has 0 radical (unpaired) electrons. The van der Waals surface area contributed by atoms with E-state index in [1.54, 1.807) is 38.1 Å². The molecule has 1 saturated carbocycles. The molecule has 118 valence electrons. The fourth-order valence-corrected chi connectivity index (χ4v) is 2.34. The number of carbonyl (C=O) groups is 1. The predicted molar refractivity (Wildman–Crippen MR) is 82.2 cm³/mol. The molecule has 0 aliphatic heterocycles. The Labute approximate surface area is 130 Å². The minimum Gasteiger partial charge on any atom is -0.478 e. The first-order valence-electron chi connectivity index (χ1n) is 7.57. The molecule has 5 heteroatoms. The number of hydrogen-bond acceptors (Lipinski definition) is 4. The molecule has 0 saturated heterocycles. The minimum atomic E-state index is -1.02. The Bertz CT molecular complexity index is 556. The normalized spacial score (nSPS) is 15.7. The molecule has 5 nitrogen and oxygen atoms in total. The second-order valence-electron chi connectivity index (χ2n) is 6.18. The molecule has 2 rings (SSSR count). The molecule has 0 spiro atoms. The van der Waals surface area contributed by atoms with E-state index < -0.39 is 5.60 Å². The van der Waals surface area contributed by atoms with E-state index in [2.05, 4.69) is 5.32 Å². The van der Waals surface area contributed by atoms with Crippen molar-refractivity contribution in [1.29, 1.82) is 5.26 Å². The molecule has 22 heavy (non-hydrogen) atoms. The van der Waals surface area contributed by atoms with Gasteiger partial charge in [-0.2, -0.15) is 5.26 Å². The number of nitrogens with zero attached hydrogens (tertiary/aromatic N) is 1. The molecule has 1 aliphatic carbocycles. The highest BCUT2D eigenvalue weighted by molar-refractivity contribution is 5.85. The molecule has 2 N–H and O–H groups in total. The first-order chi connectivity index (χ1) is 10.5. The maximum absolute atomic E-state index is 12.4. The predicted octanol–water partition coefficient (Wildman–Crippen LogP) is 1.99. The summed E-state index contributed by atoms with van der Waals surface area (Å²) in [7, 11) is 0. The molecule has 1 amide bonds. The van der Waals surface area contributed by atoms with Crippen LogP contribution in [-0.4, -0.2) is 29.3 Å². The van der Waals surface area contributed by atoms with Crippen LogP contribution in [0.25, 0.3) is 0 Å². The van der Waals surface area contributed by atoms with Crippen LogP contribution in [0.1, 0.15) is 38.7 Å². The van der Waals surface area contributed by atoms with Crippen molar-refractivity contribution in [3.63, 3.8) is 0 Å². The van der Waals surface area contributed by atoms with Gasteiger partial charge in [0.2, 0.25) is 0 Å². The number of nitriles is 1. The summed E-state index contributed by atoms with van der Waals surface area (Å²) in [6, 6.07) is 8.73. The lowest BCUT2D eigenvalue weighted by Gasteiger charge is -2.28. The summed E-state index contributed by atoms with van der Waals surface area (Å²) in [5.74, 6) is 0.827. The van der Waals surface area contributed by atoms with Gasteiger partial charge in [-0.3, -0.25) is 4.79 Å². The van der Waals surface area contributed by atoms with Gasteiger partial charge in [0.1, 0.15) is 5.75 Å². The standard InChI is InChI=1S/C17H22N2O3/c1-17(2,22-14-7-3-12(11-18)4-8-14)16(21)19-15(9-10-20)13-5-6-13/h3-4,7-8,13,15,20H,5-6,9-10H2,1-2H3,(H,19,21). The van der Waals surface area contributed by atoms with Crippen LogP contribution >= 0.6 is 0 Å². The van der Waals surface area contributed by atoms with Gasteiger partial charge in [0.25, 0.3) is 5.91 Å². The molecule has 1 aromatic carbocycles. The second kappa shape index (κ2) is 6.80. The van der Waals surface area contributed by atoms with Gasteiger partial charge < -0.3 is 15.2 Å². The fraction of sp³-hybridized carbons (Fsp3) is 0.529. The van der Waals surface area contributed by atoms with Crippen molar-refractivity contribution in [2.75, 3.05) is 6.61 Å². The van der Waals surface area contributed by atoms with E-state index in [9.17, 15) is 4.79 Å². The Balaban J connectivity index is 1.98. The van der Waals surface area contributed by atoms with Crippen LogP contribution in [-0.2, 0) is 4.79 Å². The molecular weight excluding hydrogens is 280 g/mol. The molecule has 0 aromatic heterocycles. The Morgan fingerprint density at radius 2 is 2.09 bits per heavy atom. The zero-order valence-electron chi connectivity index (χ0n) is 13.0. The summed E-state index contributed by atoms with van der Waals surface area (Å²) < 4.78 is 5.76. The maximum atomic E-state index is 12.4. The highest BCUT2D eigenvalue weighted by atomic mass is 16.5. The van der Waals surface area contributed by atoms with Gasteiger partial charge in [0.05, 0.1) is 11.6 Å². The molecule has 0 bridgehead atoms. The minimum absolute atomic E-state index is 0.0151.